The molecule has 2 aromatic carbocycles. The zero-order valence-corrected chi connectivity index (χ0v) is 17.0. The Kier molecular flexibility index (Phi) is 5.87. The van der Waals surface area contributed by atoms with Gasteiger partial charge < -0.3 is 8.92 Å². The number of hydrogen-bond donors (Lipinski definition) is 0. The first-order valence-corrected chi connectivity index (χ1v) is 11.4. The number of ether oxygens (including phenoxy) is 1. The van der Waals surface area contributed by atoms with Gasteiger partial charge in [0.05, 0.1) is 16.6 Å². The molecule has 0 spiro atoms. The molecule has 0 amide bonds. The highest BCUT2D eigenvalue weighted by Crippen LogP contribution is 2.47. The van der Waals surface area contributed by atoms with Crippen LogP contribution in [0.1, 0.15) is 15.7 Å². The molecule has 2 aromatic rings. The average molecular weight is 428 g/mol. The van der Waals surface area contributed by atoms with E-state index in [-0.39, 0.29) is 21.6 Å². The second-order valence-electron chi connectivity index (χ2n) is 5.70. The van der Waals surface area contributed by atoms with E-state index >= 15 is 0 Å². The van der Waals surface area contributed by atoms with Gasteiger partial charge in [0.1, 0.15) is 0 Å². The summed E-state index contributed by atoms with van der Waals surface area (Å²) in [5.74, 6) is 2.37. The molecule has 144 valence electrons. The van der Waals surface area contributed by atoms with Crippen molar-refractivity contribution in [3.8, 4) is 11.5 Å². The summed E-state index contributed by atoms with van der Waals surface area (Å²) < 4.78 is 36.3. The van der Waals surface area contributed by atoms with Crippen LogP contribution in [0, 0.1) is 17.0 Å². The van der Waals surface area contributed by atoms with Crippen molar-refractivity contribution in [2.24, 2.45) is 0 Å². The monoisotopic (exact) mass is 427 g/mol. The third kappa shape index (κ3) is 4.17. The molecule has 0 aromatic heterocycles. The lowest BCUT2D eigenvalue weighted by atomic mass is 10.2. The molecule has 0 N–H and O–H groups in total. The molecule has 0 radical (unpaired) electrons. The van der Waals surface area contributed by atoms with E-state index in [1.54, 1.807) is 12.1 Å². The molecule has 1 heterocycles. The largest absolute Gasteiger partial charge is 0.493 e. The Hall–Kier alpha value is -1.91. The van der Waals surface area contributed by atoms with Crippen molar-refractivity contribution in [3.63, 3.8) is 0 Å². The van der Waals surface area contributed by atoms with Gasteiger partial charge in [-0.1, -0.05) is 18.2 Å². The van der Waals surface area contributed by atoms with Gasteiger partial charge in [-0.3, -0.25) is 10.1 Å². The fourth-order valence-electron chi connectivity index (χ4n) is 2.72. The van der Waals surface area contributed by atoms with Crippen molar-refractivity contribution >= 4 is 39.3 Å². The Balaban J connectivity index is 1.98. The number of nitro benzene ring substituents is 1. The van der Waals surface area contributed by atoms with Gasteiger partial charge in [-0.2, -0.15) is 8.42 Å². The zero-order valence-electron chi connectivity index (χ0n) is 14.6. The molecule has 10 heteroatoms. The molecular weight excluding hydrogens is 410 g/mol. The third-order valence-electron chi connectivity index (χ3n) is 3.92. The Morgan fingerprint density at radius 2 is 1.85 bits per heavy atom. The van der Waals surface area contributed by atoms with Crippen LogP contribution in [0.5, 0.6) is 11.5 Å². The van der Waals surface area contributed by atoms with E-state index in [1.807, 2.05) is 23.5 Å². The molecule has 0 bridgehead atoms. The van der Waals surface area contributed by atoms with Gasteiger partial charge in [0, 0.05) is 17.6 Å². The Labute approximate surface area is 165 Å². The van der Waals surface area contributed by atoms with Crippen molar-refractivity contribution < 1.29 is 22.3 Å². The van der Waals surface area contributed by atoms with E-state index in [1.165, 1.54) is 32.2 Å². The number of nitro groups is 1. The first-order valence-electron chi connectivity index (χ1n) is 7.93. The first-order chi connectivity index (χ1) is 12.8. The molecule has 7 nitrogen and oxygen atoms in total. The highest BCUT2D eigenvalue weighted by molar-refractivity contribution is 8.19. The molecular formula is C17H17NO6S3. The number of nitrogens with zero attached hydrogens (tertiary/aromatic N) is 1. The van der Waals surface area contributed by atoms with Crippen molar-refractivity contribution in [2.45, 2.75) is 16.4 Å². The predicted molar refractivity (Wildman–Crippen MR) is 106 cm³/mol. The van der Waals surface area contributed by atoms with E-state index in [0.717, 1.165) is 23.1 Å². The maximum absolute atomic E-state index is 12.8. The number of rotatable bonds is 6. The fraction of sp³-hybridized carbons (Fsp3) is 0.294. The van der Waals surface area contributed by atoms with Crippen molar-refractivity contribution in [1.29, 1.82) is 0 Å². The van der Waals surface area contributed by atoms with Crippen LogP contribution >= 0.6 is 23.5 Å². The number of hydrogen-bond acceptors (Lipinski definition) is 8. The summed E-state index contributed by atoms with van der Waals surface area (Å²) in [6.07, 6.45) is 0. The van der Waals surface area contributed by atoms with Crippen LogP contribution in [-0.2, 0) is 10.1 Å². The summed E-state index contributed by atoms with van der Waals surface area (Å²) in [6.45, 7) is 1.48. The fourth-order valence-corrected chi connectivity index (χ4v) is 6.87. The van der Waals surface area contributed by atoms with E-state index in [0.29, 0.717) is 0 Å². The predicted octanol–water partition coefficient (Wildman–Crippen LogP) is 4.16. The molecule has 27 heavy (non-hydrogen) atoms. The lowest BCUT2D eigenvalue weighted by Gasteiger charge is -2.15. The van der Waals surface area contributed by atoms with Crippen LogP contribution in [-0.4, -0.2) is 32.0 Å². The van der Waals surface area contributed by atoms with Gasteiger partial charge in [0.15, 0.2) is 16.4 Å². The van der Waals surface area contributed by atoms with Crippen LogP contribution in [0.25, 0.3) is 0 Å². The molecule has 0 saturated carbocycles. The lowest BCUT2D eigenvalue weighted by Crippen LogP contribution is -2.14. The molecule has 0 aliphatic carbocycles. The lowest BCUT2D eigenvalue weighted by molar-refractivity contribution is -0.388. The van der Waals surface area contributed by atoms with E-state index in [2.05, 4.69) is 0 Å². The highest BCUT2D eigenvalue weighted by Gasteiger charge is 2.31. The normalized spacial score (nSPS) is 14.9. The quantitative estimate of drug-likeness (QED) is 0.385. The summed E-state index contributed by atoms with van der Waals surface area (Å²) in [7, 11) is -3.00. The molecule has 3 rings (SSSR count). The molecule has 1 aliphatic heterocycles. The maximum Gasteiger partial charge on any atom is 0.346 e. The standard InChI is InChI=1S/C17H17NO6S3/c1-11-4-3-5-13(18(19)20)16(11)27(21,22)24-14-7-6-12(10-15(14)23-2)17-25-8-9-26-17/h3-7,10,17H,8-9H2,1-2H3. The van der Waals surface area contributed by atoms with Crippen molar-refractivity contribution in [3.05, 3.63) is 57.6 Å². The second-order valence-corrected chi connectivity index (χ2v) is 9.91. The smallest absolute Gasteiger partial charge is 0.346 e. The summed E-state index contributed by atoms with van der Waals surface area (Å²) in [6, 6.07) is 9.10. The van der Waals surface area contributed by atoms with Crippen LogP contribution in [0.3, 0.4) is 0 Å². The van der Waals surface area contributed by atoms with E-state index in [9.17, 15) is 18.5 Å². The number of aryl methyl sites for hydroxylation is 1. The minimum atomic E-state index is -4.42. The molecule has 1 fully saturated rings. The summed E-state index contributed by atoms with van der Waals surface area (Å²) in [4.78, 5) is 10.1. The molecule has 1 aliphatic rings. The molecule has 1 saturated heterocycles. The topological polar surface area (TPSA) is 95.7 Å². The van der Waals surface area contributed by atoms with Gasteiger partial charge in [-0.25, -0.2) is 0 Å². The van der Waals surface area contributed by atoms with E-state index in [4.69, 9.17) is 8.92 Å². The highest BCUT2D eigenvalue weighted by atomic mass is 32.2. The summed E-state index contributed by atoms with van der Waals surface area (Å²) >= 11 is 3.62. The van der Waals surface area contributed by atoms with Gasteiger partial charge in [0.2, 0.25) is 0 Å². The summed E-state index contributed by atoms with van der Waals surface area (Å²) in [5, 5.41) is 11.2. The third-order valence-corrected chi connectivity index (χ3v) is 8.45. The summed E-state index contributed by atoms with van der Waals surface area (Å²) in [5.41, 5.74) is 0.717. The average Bonchev–Trinajstić information content (AvgIpc) is 3.16. The van der Waals surface area contributed by atoms with Crippen LogP contribution in [0.4, 0.5) is 5.69 Å². The van der Waals surface area contributed by atoms with Gasteiger partial charge >= 0.3 is 10.1 Å². The Morgan fingerprint density at radius 1 is 1.15 bits per heavy atom. The first kappa shape index (κ1) is 19.8. The molecule has 0 unspecified atom stereocenters. The zero-order chi connectivity index (χ0) is 19.6. The van der Waals surface area contributed by atoms with Crippen LogP contribution in [0.2, 0.25) is 0 Å². The minimum absolute atomic E-state index is 0.00759. The van der Waals surface area contributed by atoms with Crippen molar-refractivity contribution in [2.75, 3.05) is 18.6 Å². The van der Waals surface area contributed by atoms with Crippen LogP contribution < -0.4 is 8.92 Å². The SMILES string of the molecule is COc1cc(C2SCCS2)ccc1OS(=O)(=O)c1c(C)cccc1[N+](=O)[O-]. The number of methoxy groups -OCH3 is 1. The Bertz CT molecular complexity index is 971. The number of thioether (sulfide) groups is 2. The minimum Gasteiger partial charge on any atom is -0.493 e. The molecule has 0 atom stereocenters. The van der Waals surface area contributed by atoms with E-state index < -0.39 is 25.6 Å². The van der Waals surface area contributed by atoms with Gasteiger partial charge in [-0.05, 0) is 30.2 Å². The van der Waals surface area contributed by atoms with Gasteiger partial charge in [-0.15, -0.1) is 23.5 Å². The van der Waals surface area contributed by atoms with Gasteiger partial charge in [0.25, 0.3) is 5.69 Å². The van der Waals surface area contributed by atoms with Crippen LogP contribution in [0.15, 0.2) is 41.3 Å². The second kappa shape index (κ2) is 7.99. The number of benzene rings is 2. The van der Waals surface area contributed by atoms with Crippen molar-refractivity contribution in [1.82, 2.24) is 0 Å². The Morgan fingerprint density at radius 3 is 2.48 bits per heavy atom. The maximum atomic E-state index is 12.8.